The van der Waals surface area contributed by atoms with Crippen molar-refractivity contribution in [1.29, 1.82) is 0 Å². The molecule has 0 atom stereocenters. The second kappa shape index (κ2) is 7.77. The molecule has 3 rings (SSSR count). The lowest BCUT2D eigenvalue weighted by molar-refractivity contribution is 0.410. The fourth-order valence-electron chi connectivity index (χ4n) is 2.94. The van der Waals surface area contributed by atoms with Crippen molar-refractivity contribution in [3.05, 3.63) is 29.5 Å². The molecule has 7 heteroatoms. The molecule has 2 heterocycles. The molecule has 128 valence electrons. The average Bonchev–Trinajstić information content (AvgIpc) is 2.59. The molecule has 6 nitrogen and oxygen atoms in total. The molecule has 0 radical (unpaired) electrons. The van der Waals surface area contributed by atoms with Gasteiger partial charge in [0.05, 0.1) is 16.9 Å². The van der Waals surface area contributed by atoms with Crippen LogP contribution in [-0.4, -0.2) is 33.6 Å². The van der Waals surface area contributed by atoms with Crippen LogP contribution in [0.25, 0.3) is 11.3 Å². The molecule has 1 aliphatic carbocycles. The fraction of sp³-hybridized carbons (Fsp3) is 0.471. The van der Waals surface area contributed by atoms with Crippen LogP contribution < -0.4 is 16.4 Å². The zero-order chi connectivity index (χ0) is 16.9. The molecule has 1 fully saturated rings. The quantitative estimate of drug-likeness (QED) is 0.769. The Balaban J connectivity index is 1.80. The summed E-state index contributed by atoms with van der Waals surface area (Å²) in [5.41, 5.74) is 7.59. The van der Waals surface area contributed by atoms with Gasteiger partial charge in [-0.1, -0.05) is 11.6 Å². The molecule has 0 spiro atoms. The SMILES string of the molecule is CCNc1cc(-c2nc(NC3CCC(N)CC3)ncc2Cl)ccn1. The van der Waals surface area contributed by atoms with Gasteiger partial charge in [-0.25, -0.2) is 15.0 Å². The number of pyridine rings is 1. The van der Waals surface area contributed by atoms with Gasteiger partial charge < -0.3 is 16.4 Å². The Hall–Kier alpha value is -1.92. The van der Waals surface area contributed by atoms with Crippen molar-refractivity contribution in [2.24, 2.45) is 5.73 Å². The summed E-state index contributed by atoms with van der Waals surface area (Å²) in [7, 11) is 0. The van der Waals surface area contributed by atoms with Crippen molar-refractivity contribution < 1.29 is 0 Å². The molecule has 0 unspecified atom stereocenters. The molecule has 0 saturated heterocycles. The molecule has 0 aliphatic heterocycles. The van der Waals surface area contributed by atoms with Crippen molar-refractivity contribution in [2.45, 2.75) is 44.7 Å². The third-order valence-electron chi connectivity index (χ3n) is 4.24. The van der Waals surface area contributed by atoms with E-state index in [4.69, 9.17) is 17.3 Å². The number of aromatic nitrogens is 3. The number of halogens is 1. The summed E-state index contributed by atoms with van der Waals surface area (Å²) in [6.45, 7) is 2.84. The summed E-state index contributed by atoms with van der Waals surface area (Å²) in [6, 6.07) is 4.54. The molecule has 2 aromatic rings. The summed E-state index contributed by atoms with van der Waals surface area (Å²) in [6.07, 6.45) is 7.56. The molecular formula is C17H23ClN6. The lowest BCUT2D eigenvalue weighted by Gasteiger charge is -2.26. The van der Waals surface area contributed by atoms with Crippen LogP contribution in [-0.2, 0) is 0 Å². The average molecular weight is 347 g/mol. The third-order valence-corrected chi connectivity index (χ3v) is 4.52. The van der Waals surface area contributed by atoms with Crippen LogP contribution in [0.5, 0.6) is 0 Å². The summed E-state index contributed by atoms with van der Waals surface area (Å²) in [5, 5.41) is 7.14. The smallest absolute Gasteiger partial charge is 0.223 e. The van der Waals surface area contributed by atoms with E-state index in [1.807, 2.05) is 19.1 Å². The predicted molar refractivity (Wildman–Crippen MR) is 98.3 cm³/mol. The lowest BCUT2D eigenvalue weighted by Crippen LogP contribution is -2.33. The molecule has 1 saturated carbocycles. The maximum absolute atomic E-state index is 6.31. The maximum atomic E-state index is 6.31. The minimum absolute atomic E-state index is 0.325. The van der Waals surface area contributed by atoms with Crippen LogP contribution in [0.2, 0.25) is 5.02 Å². The number of hydrogen-bond acceptors (Lipinski definition) is 6. The lowest BCUT2D eigenvalue weighted by atomic mass is 9.92. The number of rotatable bonds is 5. The van der Waals surface area contributed by atoms with Crippen molar-refractivity contribution in [3.63, 3.8) is 0 Å². The summed E-state index contributed by atoms with van der Waals surface area (Å²) in [4.78, 5) is 13.2. The highest BCUT2D eigenvalue weighted by atomic mass is 35.5. The van der Waals surface area contributed by atoms with Crippen LogP contribution >= 0.6 is 11.6 Å². The van der Waals surface area contributed by atoms with Crippen LogP contribution in [0.3, 0.4) is 0 Å². The minimum atomic E-state index is 0.325. The van der Waals surface area contributed by atoms with E-state index in [-0.39, 0.29) is 0 Å². The zero-order valence-electron chi connectivity index (χ0n) is 13.8. The first-order valence-corrected chi connectivity index (χ1v) is 8.78. The van der Waals surface area contributed by atoms with Crippen molar-refractivity contribution >= 4 is 23.4 Å². The van der Waals surface area contributed by atoms with Crippen LogP contribution in [0.15, 0.2) is 24.5 Å². The Labute approximate surface area is 147 Å². The third kappa shape index (κ3) is 4.13. The largest absolute Gasteiger partial charge is 0.370 e. The zero-order valence-corrected chi connectivity index (χ0v) is 14.6. The summed E-state index contributed by atoms with van der Waals surface area (Å²) >= 11 is 6.31. The fourth-order valence-corrected chi connectivity index (χ4v) is 3.14. The highest BCUT2D eigenvalue weighted by Crippen LogP contribution is 2.28. The van der Waals surface area contributed by atoms with Gasteiger partial charge in [-0.05, 0) is 44.7 Å². The molecule has 2 aromatic heterocycles. The van der Waals surface area contributed by atoms with E-state index in [9.17, 15) is 0 Å². The highest BCUT2D eigenvalue weighted by Gasteiger charge is 2.19. The monoisotopic (exact) mass is 346 g/mol. The number of hydrogen-bond donors (Lipinski definition) is 3. The van der Waals surface area contributed by atoms with Gasteiger partial charge in [-0.2, -0.15) is 0 Å². The molecule has 24 heavy (non-hydrogen) atoms. The summed E-state index contributed by atoms with van der Waals surface area (Å²) < 4.78 is 0. The normalized spacial score (nSPS) is 20.6. The summed E-state index contributed by atoms with van der Waals surface area (Å²) in [5.74, 6) is 1.41. The Morgan fingerprint density at radius 1 is 1.25 bits per heavy atom. The Kier molecular flexibility index (Phi) is 5.48. The number of nitrogens with one attached hydrogen (secondary N) is 2. The predicted octanol–water partition coefficient (Wildman–Crippen LogP) is 3.31. The van der Waals surface area contributed by atoms with Gasteiger partial charge in [-0.15, -0.1) is 0 Å². The standard InChI is InChI=1S/C17H23ClN6/c1-2-20-15-9-11(7-8-21-15)16-14(18)10-22-17(24-16)23-13-5-3-12(19)4-6-13/h7-10,12-13H,2-6,19H2,1H3,(H,20,21)(H,22,23,24). The molecular weight excluding hydrogens is 324 g/mol. The van der Waals surface area contributed by atoms with Gasteiger partial charge in [0, 0.05) is 30.4 Å². The van der Waals surface area contributed by atoms with Gasteiger partial charge in [0.25, 0.3) is 0 Å². The second-order valence-corrected chi connectivity index (χ2v) is 6.51. The van der Waals surface area contributed by atoms with E-state index >= 15 is 0 Å². The molecule has 1 aliphatic rings. The van der Waals surface area contributed by atoms with E-state index in [2.05, 4.69) is 25.6 Å². The first kappa shape index (κ1) is 16.9. The van der Waals surface area contributed by atoms with Gasteiger partial charge >= 0.3 is 0 Å². The van der Waals surface area contributed by atoms with Gasteiger partial charge in [0.15, 0.2) is 0 Å². The molecule has 0 amide bonds. The number of nitrogens with zero attached hydrogens (tertiary/aromatic N) is 3. The van der Waals surface area contributed by atoms with Gasteiger partial charge in [0.2, 0.25) is 5.95 Å². The van der Waals surface area contributed by atoms with Crippen molar-refractivity contribution in [1.82, 2.24) is 15.0 Å². The van der Waals surface area contributed by atoms with E-state index in [1.54, 1.807) is 12.4 Å². The molecule has 0 bridgehead atoms. The van der Waals surface area contributed by atoms with E-state index < -0.39 is 0 Å². The highest BCUT2D eigenvalue weighted by molar-refractivity contribution is 6.32. The minimum Gasteiger partial charge on any atom is -0.370 e. The van der Waals surface area contributed by atoms with E-state index in [1.165, 1.54) is 0 Å². The Morgan fingerprint density at radius 3 is 2.79 bits per heavy atom. The van der Waals surface area contributed by atoms with Crippen molar-refractivity contribution in [3.8, 4) is 11.3 Å². The topological polar surface area (TPSA) is 88.8 Å². The number of anilines is 2. The second-order valence-electron chi connectivity index (χ2n) is 6.11. The Morgan fingerprint density at radius 2 is 2.04 bits per heavy atom. The van der Waals surface area contributed by atoms with Gasteiger partial charge in [0.1, 0.15) is 5.82 Å². The van der Waals surface area contributed by atoms with Crippen LogP contribution in [0.4, 0.5) is 11.8 Å². The van der Waals surface area contributed by atoms with Gasteiger partial charge in [-0.3, -0.25) is 0 Å². The first-order chi connectivity index (χ1) is 11.7. The first-order valence-electron chi connectivity index (χ1n) is 8.40. The number of nitrogens with two attached hydrogens (primary N) is 1. The van der Waals surface area contributed by atoms with E-state index in [0.29, 0.717) is 28.7 Å². The van der Waals surface area contributed by atoms with E-state index in [0.717, 1.165) is 43.6 Å². The maximum Gasteiger partial charge on any atom is 0.223 e. The molecule has 4 N–H and O–H groups in total. The van der Waals surface area contributed by atoms with Crippen LogP contribution in [0, 0.1) is 0 Å². The van der Waals surface area contributed by atoms with Crippen LogP contribution in [0.1, 0.15) is 32.6 Å². The Bertz CT molecular complexity index is 685. The molecule has 0 aromatic carbocycles. The van der Waals surface area contributed by atoms with Crippen molar-refractivity contribution in [2.75, 3.05) is 17.2 Å².